The Bertz CT molecular complexity index is 677. The number of halogens is 4. The van der Waals surface area contributed by atoms with E-state index in [1.807, 2.05) is 0 Å². The van der Waals surface area contributed by atoms with Crippen molar-refractivity contribution in [3.63, 3.8) is 0 Å². The summed E-state index contributed by atoms with van der Waals surface area (Å²) in [5.41, 5.74) is -1.31. The van der Waals surface area contributed by atoms with Crippen LogP contribution in [0.15, 0.2) is 52.3 Å². The number of nitrogens with zero attached hydrogens (tertiary/aromatic N) is 1. The molecule has 20 heavy (non-hydrogen) atoms. The number of hydrogen-bond donors (Lipinski definition) is 0. The molecule has 0 aliphatic carbocycles. The predicted octanol–water partition coefficient (Wildman–Crippen LogP) is 5.38. The lowest BCUT2D eigenvalue weighted by Gasteiger charge is -2.10. The second-order valence-electron chi connectivity index (χ2n) is 3.88. The SMILES string of the molecule is N#Cc1cc(Sc2cccc(Cl)c2)ccc1C(F)(F)F. The van der Waals surface area contributed by atoms with Crippen molar-refractivity contribution >= 4 is 23.4 Å². The quantitative estimate of drug-likeness (QED) is 0.743. The third-order valence-electron chi connectivity index (χ3n) is 2.45. The van der Waals surface area contributed by atoms with Crippen LogP contribution in [0.4, 0.5) is 13.2 Å². The van der Waals surface area contributed by atoms with E-state index in [9.17, 15) is 13.2 Å². The van der Waals surface area contributed by atoms with Crippen LogP contribution in [0.3, 0.4) is 0 Å². The van der Waals surface area contributed by atoms with Gasteiger partial charge >= 0.3 is 6.18 Å². The van der Waals surface area contributed by atoms with E-state index in [0.717, 1.165) is 11.0 Å². The van der Waals surface area contributed by atoms with Crippen LogP contribution < -0.4 is 0 Å². The first-order valence-corrected chi connectivity index (χ1v) is 6.64. The summed E-state index contributed by atoms with van der Waals surface area (Å²) >= 11 is 7.09. The van der Waals surface area contributed by atoms with Gasteiger partial charge in [0.1, 0.15) is 0 Å². The molecule has 0 spiro atoms. The number of hydrogen-bond acceptors (Lipinski definition) is 2. The maximum Gasteiger partial charge on any atom is 0.417 e. The van der Waals surface area contributed by atoms with E-state index in [0.29, 0.717) is 9.92 Å². The van der Waals surface area contributed by atoms with Crippen molar-refractivity contribution in [1.29, 1.82) is 5.26 Å². The third kappa shape index (κ3) is 3.47. The van der Waals surface area contributed by atoms with Crippen molar-refractivity contribution in [2.24, 2.45) is 0 Å². The Hall–Kier alpha value is -1.64. The molecule has 2 rings (SSSR count). The van der Waals surface area contributed by atoms with Gasteiger partial charge in [-0.1, -0.05) is 29.4 Å². The molecular formula is C14H7ClF3NS. The lowest BCUT2D eigenvalue weighted by Crippen LogP contribution is -2.07. The molecule has 0 radical (unpaired) electrons. The maximum atomic E-state index is 12.7. The van der Waals surface area contributed by atoms with Crippen LogP contribution in [-0.4, -0.2) is 0 Å². The van der Waals surface area contributed by atoms with Gasteiger partial charge in [-0.15, -0.1) is 0 Å². The topological polar surface area (TPSA) is 23.8 Å². The number of alkyl halides is 3. The minimum Gasteiger partial charge on any atom is -0.192 e. The molecule has 0 amide bonds. The van der Waals surface area contributed by atoms with E-state index in [1.54, 1.807) is 30.3 Å². The Morgan fingerprint density at radius 2 is 1.75 bits per heavy atom. The number of benzene rings is 2. The summed E-state index contributed by atoms with van der Waals surface area (Å²) in [6.07, 6.45) is -4.52. The van der Waals surface area contributed by atoms with Crippen LogP contribution in [0.2, 0.25) is 5.02 Å². The van der Waals surface area contributed by atoms with Gasteiger partial charge in [-0.05, 0) is 36.4 Å². The smallest absolute Gasteiger partial charge is 0.192 e. The zero-order valence-electron chi connectivity index (χ0n) is 9.91. The molecule has 0 aliphatic heterocycles. The Kier molecular flexibility index (Phi) is 4.26. The standard InChI is InChI=1S/C14H7ClF3NS/c15-10-2-1-3-11(7-10)20-12-4-5-13(14(16,17)18)9(6-12)8-19/h1-7H. The zero-order valence-corrected chi connectivity index (χ0v) is 11.5. The molecule has 0 atom stereocenters. The largest absolute Gasteiger partial charge is 0.417 e. The first kappa shape index (κ1) is 14.8. The summed E-state index contributed by atoms with van der Waals surface area (Å²) < 4.78 is 38.0. The Morgan fingerprint density at radius 1 is 1.05 bits per heavy atom. The van der Waals surface area contributed by atoms with E-state index < -0.39 is 11.7 Å². The molecule has 0 bridgehead atoms. The first-order chi connectivity index (χ1) is 9.40. The molecule has 0 saturated carbocycles. The molecule has 2 aromatic carbocycles. The molecule has 6 heteroatoms. The first-order valence-electron chi connectivity index (χ1n) is 5.45. The number of rotatable bonds is 2. The molecule has 0 N–H and O–H groups in total. The van der Waals surface area contributed by atoms with Crippen molar-refractivity contribution < 1.29 is 13.2 Å². The third-order valence-corrected chi connectivity index (χ3v) is 3.66. The Morgan fingerprint density at radius 3 is 2.35 bits per heavy atom. The van der Waals surface area contributed by atoms with Crippen LogP contribution in [0.5, 0.6) is 0 Å². The summed E-state index contributed by atoms with van der Waals surface area (Å²) in [7, 11) is 0. The van der Waals surface area contributed by atoms with Gasteiger partial charge in [0, 0.05) is 14.8 Å². The molecule has 0 unspecified atom stereocenters. The van der Waals surface area contributed by atoms with Crippen LogP contribution in [0, 0.1) is 11.3 Å². The summed E-state index contributed by atoms with van der Waals surface area (Å²) in [6.45, 7) is 0. The van der Waals surface area contributed by atoms with E-state index in [1.165, 1.54) is 23.9 Å². The van der Waals surface area contributed by atoms with Crippen molar-refractivity contribution in [3.05, 3.63) is 58.6 Å². The van der Waals surface area contributed by atoms with Gasteiger partial charge in [0.25, 0.3) is 0 Å². The summed E-state index contributed by atoms with van der Waals surface area (Å²) in [5.74, 6) is 0. The van der Waals surface area contributed by atoms with Crippen LogP contribution >= 0.6 is 23.4 Å². The molecule has 0 fully saturated rings. The highest BCUT2D eigenvalue weighted by Crippen LogP contribution is 2.36. The predicted molar refractivity (Wildman–Crippen MR) is 71.7 cm³/mol. The maximum absolute atomic E-state index is 12.7. The van der Waals surface area contributed by atoms with Crippen molar-refractivity contribution in [1.82, 2.24) is 0 Å². The fraction of sp³-hybridized carbons (Fsp3) is 0.0714. The van der Waals surface area contributed by atoms with E-state index in [-0.39, 0.29) is 5.56 Å². The van der Waals surface area contributed by atoms with Crippen LogP contribution in [0.1, 0.15) is 11.1 Å². The fourth-order valence-corrected chi connectivity index (χ4v) is 2.77. The van der Waals surface area contributed by atoms with Crippen molar-refractivity contribution in [3.8, 4) is 6.07 Å². The van der Waals surface area contributed by atoms with Gasteiger partial charge in [0.05, 0.1) is 17.2 Å². The van der Waals surface area contributed by atoms with Gasteiger partial charge in [-0.3, -0.25) is 0 Å². The summed E-state index contributed by atoms with van der Waals surface area (Å²) in [6, 6.07) is 12.0. The summed E-state index contributed by atoms with van der Waals surface area (Å²) in [4.78, 5) is 1.35. The minimum absolute atomic E-state index is 0.385. The van der Waals surface area contributed by atoms with Crippen molar-refractivity contribution in [2.45, 2.75) is 16.0 Å². The molecule has 0 heterocycles. The van der Waals surface area contributed by atoms with Gasteiger partial charge in [0.15, 0.2) is 0 Å². The fourth-order valence-electron chi connectivity index (χ4n) is 1.59. The van der Waals surface area contributed by atoms with E-state index in [4.69, 9.17) is 16.9 Å². The average molecular weight is 314 g/mol. The van der Waals surface area contributed by atoms with Gasteiger partial charge < -0.3 is 0 Å². The highest BCUT2D eigenvalue weighted by molar-refractivity contribution is 7.99. The molecule has 102 valence electrons. The Labute approximate surface area is 123 Å². The molecule has 2 aromatic rings. The number of nitriles is 1. The molecule has 1 nitrogen and oxygen atoms in total. The molecular weight excluding hydrogens is 307 g/mol. The molecule has 0 aliphatic rings. The average Bonchev–Trinajstić information content (AvgIpc) is 2.37. The zero-order chi connectivity index (χ0) is 14.8. The van der Waals surface area contributed by atoms with E-state index in [2.05, 4.69) is 0 Å². The second-order valence-corrected chi connectivity index (χ2v) is 5.46. The molecule has 0 aromatic heterocycles. The van der Waals surface area contributed by atoms with Crippen LogP contribution in [0.25, 0.3) is 0 Å². The Balaban J connectivity index is 2.34. The highest BCUT2D eigenvalue weighted by Gasteiger charge is 2.33. The minimum atomic E-state index is -4.52. The lowest BCUT2D eigenvalue weighted by molar-refractivity contribution is -0.137. The van der Waals surface area contributed by atoms with Gasteiger partial charge in [-0.2, -0.15) is 18.4 Å². The van der Waals surface area contributed by atoms with Crippen LogP contribution in [-0.2, 0) is 6.18 Å². The summed E-state index contributed by atoms with van der Waals surface area (Å²) in [5, 5.41) is 9.38. The highest BCUT2D eigenvalue weighted by atomic mass is 35.5. The van der Waals surface area contributed by atoms with Gasteiger partial charge in [-0.25, -0.2) is 0 Å². The molecule has 0 saturated heterocycles. The van der Waals surface area contributed by atoms with Gasteiger partial charge in [0.2, 0.25) is 0 Å². The lowest BCUT2D eigenvalue weighted by atomic mass is 10.1. The van der Waals surface area contributed by atoms with E-state index >= 15 is 0 Å². The normalized spacial score (nSPS) is 11.2. The van der Waals surface area contributed by atoms with Crippen molar-refractivity contribution in [2.75, 3.05) is 0 Å². The monoisotopic (exact) mass is 313 g/mol. The second kappa shape index (κ2) is 5.78.